The molecule has 28 heavy (non-hydrogen) atoms. The second-order valence-corrected chi connectivity index (χ2v) is 7.12. The van der Waals surface area contributed by atoms with Crippen LogP contribution in [0.4, 0.5) is 8.78 Å². The van der Waals surface area contributed by atoms with E-state index in [0.717, 1.165) is 44.1 Å². The van der Waals surface area contributed by atoms with Gasteiger partial charge in [0.1, 0.15) is 17.4 Å². The highest BCUT2D eigenvalue weighted by Gasteiger charge is 2.29. The second kappa shape index (κ2) is 8.22. The molecule has 2 aliphatic rings. The molecule has 150 valence electrons. The molecule has 1 aromatic heterocycles. The van der Waals surface area contributed by atoms with Gasteiger partial charge in [0.2, 0.25) is 5.91 Å². The number of nitrogens with zero attached hydrogens (tertiary/aromatic N) is 4. The molecule has 0 atom stereocenters. The molecule has 1 N–H and O–H groups in total. The van der Waals surface area contributed by atoms with Crippen LogP contribution in [0.5, 0.6) is 5.75 Å². The summed E-state index contributed by atoms with van der Waals surface area (Å²) in [6.07, 6.45) is 1.71. The molecular weight excluding hydrogens is 368 g/mol. The number of carbonyl (C=O) groups excluding carboxylic acids is 1. The van der Waals surface area contributed by atoms with E-state index in [9.17, 15) is 13.6 Å². The van der Waals surface area contributed by atoms with Gasteiger partial charge >= 0.3 is 6.61 Å². The van der Waals surface area contributed by atoms with Crippen LogP contribution in [0.15, 0.2) is 24.3 Å². The summed E-state index contributed by atoms with van der Waals surface area (Å²) >= 11 is 0. The van der Waals surface area contributed by atoms with Gasteiger partial charge in [-0.1, -0.05) is 18.2 Å². The summed E-state index contributed by atoms with van der Waals surface area (Å²) in [5.41, 5.74) is 0.481. The molecule has 0 bridgehead atoms. The van der Waals surface area contributed by atoms with Crippen molar-refractivity contribution in [2.75, 3.05) is 19.6 Å². The number of alkyl halides is 2. The molecule has 1 saturated heterocycles. The number of carbonyl (C=O) groups is 1. The molecule has 4 rings (SSSR count). The quantitative estimate of drug-likeness (QED) is 0.843. The van der Waals surface area contributed by atoms with Crippen molar-refractivity contribution in [3.05, 3.63) is 41.5 Å². The zero-order valence-electron chi connectivity index (χ0n) is 15.5. The van der Waals surface area contributed by atoms with Crippen molar-refractivity contribution in [1.82, 2.24) is 25.0 Å². The predicted molar refractivity (Wildman–Crippen MR) is 97.1 cm³/mol. The van der Waals surface area contributed by atoms with Crippen LogP contribution in [-0.4, -0.2) is 51.8 Å². The first-order valence-corrected chi connectivity index (χ1v) is 9.55. The molecule has 0 unspecified atom stereocenters. The largest absolute Gasteiger partial charge is 0.435 e. The Morgan fingerprint density at radius 3 is 2.79 bits per heavy atom. The van der Waals surface area contributed by atoms with Crippen LogP contribution in [0.3, 0.4) is 0 Å². The minimum atomic E-state index is -2.91. The first-order chi connectivity index (χ1) is 13.6. The number of halogens is 2. The second-order valence-electron chi connectivity index (χ2n) is 7.12. The maximum absolute atomic E-state index is 12.7. The van der Waals surface area contributed by atoms with Crippen LogP contribution in [0.1, 0.15) is 36.0 Å². The Bertz CT molecular complexity index is 833. The van der Waals surface area contributed by atoms with Crippen LogP contribution >= 0.6 is 0 Å². The molecule has 0 radical (unpaired) electrons. The molecule has 1 aromatic carbocycles. The SMILES string of the molecule is O=C(Cc1ccccc1OC(F)F)N1CCC(c2nnc3n2CCNC3)CC1. The standard InChI is InChI=1S/C19H23F2N5O2/c20-19(21)28-15-4-2-1-3-14(15)11-17(27)25-8-5-13(6-9-25)18-24-23-16-12-22-7-10-26(16)18/h1-4,13,19,22H,5-12H2. The van der Waals surface area contributed by atoms with E-state index in [2.05, 4.69) is 24.8 Å². The number of nitrogens with one attached hydrogen (secondary N) is 1. The first kappa shape index (κ1) is 18.8. The van der Waals surface area contributed by atoms with E-state index in [-0.39, 0.29) is 24.0 Å². The molecule has 0 aliphatic carbocycles. The number of ether oxygens (including phenoxy) is 1. The molecule has 1 amide bonds. The van der Waals surface area contributed by atoms with Crippen molar-refractivity contribution in [1.29, 1.82) is 0 Å². The lowest BCUT2D eigenvalue weighted by atomic mass is 9.95. The molecule has 1 fully saturated rings. The average Bonchev–Trinajstić information content (AvgIpc) is 3.13. The average molecular weight is 391 g/mol. The van der Waals surface area contributed by atoms with Crippen LogP contribution in [0, 0.1) is 0 Å². The van der Waals surface area contributed by atoms with Crippen LogP contribution in [0.25, 0.3) is 0 Å². The van der Waals surface area contributed by atoms with Gasteiger partial charge in [-0.15, -0.1) is 10.2 Å². The number of benzene rings is 1. The highest BCUT2D eigenvalue weighted by Crippen LogP contribution is 2.29. The lowest BCUT2D eigenvalue weighted by Crippen LogP contribution is -2.39. The first-order valence-electron chi connectivity index (χ1n) is 9.55. The van der Waals surface area contributed by atoms with Crippen molar-refractivity contribution in [3.8, 4) is 5.75 Å². The molecule has 0 spiro atoms. The third kappa shape index (κ3) is 3.99. The maximum atomic E-state index is 12.7. The maximum Gasteiger partial charge on any atom is 0.387 e. The van der Waals surface area contributed by atoms with Gasteiger partial charge in [0, 0.05) is 37.7 Å². The summed E-state index contributed by atoms with van der Waals surface area (Å²) in [5, 5.41) is 11.9. The molecule has 7 nitrogen and oxygen atoms in total. The molecular formula is C19H23F2N5O2. The smallest absolute Gasteiger partial charge is 0.387 e. The van der Waals surface area contributed by atoms with E-state index in [4.69, 9.17) is 0 Å². The highest BCUT2D eigenvalue weighted by molar-refractivity contribution is 5.79. The molecule has 3 heterocycles. The fourth-order valence-corrected chi connectivity index (χ4v) is 3.94. The summed E-state index contributed by atoms with van der Waals surface area (Å²) in [5.74, 6) is 2.26. The molecule has 2 aliphatic heterocycles. The van der Waals surface area contributed by atoms with Gasteiger partial charge in [-0.05, 0) is 18.9 Å². The van der Waals surface area contributed by atoms with Gasteiger partial charge in [0.05, 0.1) is 13.0 Å². The minimum Gasteiger partial charge on any atom is -0.435 e. The zero-order chi connectivity index (χ0) is 19.5. The number of fused-ring (bicyclic) bond motifs is 1. The Labute approximate surface area is 161 Å². The third-order valence-electron chi connectivity index (χ3n) is 5.39. The van der Waals surface area contributed by atoms with E-state index in [1.165, 1.54) is 6.07 Å². The van der Waals surface area contributed by atoms with Crippen LogP contribution in [0.2, 0.25) is 0 Å². The van der Waals surface area contributed by atoms with Gasteiger partial charge < -0.3 is 19.5 Å². The van der Waals surface area contributed by atoms with E-state index in [0.29, 0.717) is 18.7 Å². The predicted octanol–water partition coefficient (Wildman–Crippen LogP) is 1.93. The van der Waals surface area contributed by atoms with Crippen LogP contribution in [-0.2, 0) is 24.3 Å². The fraction of sp³-hybridized carbons (Fsp3) is 0.526. The zero-order valence-corrected chi connectivity index (χ0v) is 15.5. The van der Waals surface area contributed by atoms with Gasteiger partial charge in [-0.25, -0.2) is 0 Å². The number of hydrogen-bond acceptors (Lipinski definition) is 5. The van der Waals surface area contributed by atoms with Crippen molar-refractivity contribution < 1.29 is 18.3 Å². The van der Waals surface area contributed by atoms with E-state index in [1.54, 1.807) is 23.1 Å². The summed E-state index contributed by atoms with van der Waals surface area (Å²) in [7, 11) is 0. The van der Waals surface area contributed by atoms with Gasteiger partial charge in [-0.3, -0.25) is 4.79 Å². The normalized spacial score (nSPS) is 17.6. The summed E-state index contributed by atoms with van der Waals surface area (Å²) < 4.78 is 31.8. The Kier molecular flexibility index (Phi) is 5.52. The Balaban J connectivity index is 1.37. The fourth-order valence-electron chi connectivity index (χ4n) is 3.94. The minimum absolute atomic E-state index is 0.0551. The lowest BCUT2D eigenvalue weighted by Gasteiger charge is -2.32. The molecule has 0 saturated carbocycles. The van der Waals surface area contributed by atoms with Gasteiger partial charge in [0.15, 0.2) is 0 Å². The number of para-hydroxylation sites is 1. The van der Waals surface area contributed by atoms with Gasteiger partial charge in [0.25, 0.3) is 0 Å². The lowest BCUT2D eigenvalue weighted by molar-refractivity contribution is -0.131. The molecule has 9 heteroatoms. The molecule has 2 aromatic rings. The van der Waals surface area contributed by atoms with Crippen molar-refractivity contribution in [2.24, 2.45) is 0 Å². The topological polar surface area (TPSA) is 72.3 Å². The summed E-state index contributed by atoms with van der Waals surface area (Å²) in [6.45, 7) is 0.873. The monoisotopic (exact) mass is 391 g/mol. The van der Waals surface area contributed by atoms with Crippen LogP contribution < -0.4 is 10.1 Å². The van der Waals surface area contributed by atoms with Crippen molar-refractivity contribution in [2.45, 2.75) is 44.9 Å². The number of piperidine rings is 1. The summed E-state index contributed by atoms with van der Waals surface area (Å²) in [4.78, 5) is 14.5. The van der Waals surface area contributed by atoms with Gasteiger partial charge in [-0.2, -0.15) is 8.78 Å². The van der Waals surface area contributed by atoms with Crippen molar-refractivity contribution in [3.63, 3.8) is 0 Å². The Morgan fingerprint density at radius 1 is 1.21 bits per heavy atom. The number of rotatable bonds is 5. The Hall–Kier alpha value is -2.55. The highest BCUT2D eigenvalue weighted by atomic mass is 19.3. The third-order valence-corrected chi connectivity index (χ3v) is 5.39. The number of aromatic nitrogens is 3. The number of likely N-dealkylation sites (tertiary alicyclic amines) is 1. The number of amides is 1. The summed E-state index contributed by atoms with van der Waals surface area (Å²) in [6, 6.07) is 6.45. The number of hydrogen-bond donors (Lipinski definition) is 1. The van der Waals surface area contributed by atoms with E-state index < -0.39 is 6.61 Å². The Morgan fingerprint density at radius 2 is 2.00 bits per heavy atom. The van der Waals surface area contributed by atoms with E-state index >= 15 is 0 Å². The van der Waals surface area contributed by atoms with E-state index in [1.807, 2.05) is 0 Å². The van der Waals surface area contributed by atoms with Crippen molar-refractivity contribution >= 4 is 5.91 Å².